The van der Waals surface area contributed by atoms with E-state index < -0.39 is 5.41 Å². The third kappa shape index (κ3) is 6.93. The van der Waals surface area contributed by atoms with Gasteiger partial charge in [-0.25, -0.2) is 0 Å². The molecule has 75 heavy (non-hydrogen) atoms. The third-order valence-electron chi connectivity index (χ3n) is 17.3. The van der Waals surface area contributed by atoms with E-state index in [1.54, 1.807) is 0 Å². The zero-order valence-electron chi connectivity index (χ0n) is 46.6. The maximum atomic E-state index is 2.83. The van der Waals surface area contributed by atoms with E-state index in [0.29, 0.717) is 0 Å². The highest BCUT2D eigenvalue weighted by atomic mass is 15.2. The predicted octanol–water partition coefficient (Wildman–Crippen LogP) is 18.4. The molecule has 0 spiro atoms. The maximum Gasteiger partial charge on any atom is 0.329 e. The Kier molecular flexibility index (Phi) is 10.0. The smallest absolute Gasteiger partial charge is 0.329 e. The van der Waals surface area contributed by atoms with Gasteiger partial charge in [0, 0.05) is 71.9 Å². The molecule has 3 aliphatic rings. The van der Waals surface area contributed by atoms with Crippen molar-refractivity contribution in [2.45, 2.75) is 119 Å². The lowest BCUT2D eigenvalue weighted by molar-refractivity contribution is 0.589. The van der Waals surface area contributed by atoms with E-state index in [0.717, 1.165) is 0 Å². The molecule has 0 amide bonds. The van der Waals surface area contributed by atoms with Crippen LogP contribution in [0.25, 0.3) is 71.6 Å². The lowest BCUT2D eigenvalue weighted by atomic mass is 9.40. The van der Waals surface area contributed by atoms with Gasteiger partial charge in [-0.3, -0.25) is 0 Å². The molecule has 1 aliphatic carbocycles. The van der Waals surface area contributed by atoms with Crippen LogP contribution >= 0.6 is 0 Å². The lowest BCUT2D eigenvalue weighted by Gasteiger charge is -2.44. The summed E-state index contributed by atoms with van der Waals surface area (Å²) < 4.78 is 5.39. The summed E-state index contributed by atoms with van der Waals surface area (Å²) >= 11 is 0. The molecule has 0 saturated carbocycles. The number of aromatic nitrogens is 2. The summed E-state index contributed by atoms with van der Waals surface area (Å²) in [4.78, 5) is 2.70. The van der Waals surface area contributed by atoms with Crippen LogP contribution in [0.2, 0.25) is 0 Å². The summed E-state index contributed by atoms with van der Waals surface area (Å²) in [6.45, 7) is 33.2. The molecule has 2 aliphatic heterocycles. The fraction of sp³-hybridized carbons (Fsp3) is 0.268. The van der Waals surface area contributed by atoms with Gasteiger partial charge in [0.25, 0.3) is 0 Å². The molecule has 4 heterocycles. The van der Waals surface area contributed by atoms with Crippen LogP contribution in [0.4, 0.5) is 11.4 Å². The van der Waals surface area contributed by atoms with Gasteiger partial charge in [0.15, 0.2) is 0 Å². The number of benzene rings is 8. The molecule has 0 fully saturated rings. The Bertz CT molecular complexity index is 4080. The normalized spacial score (nSPS) is 15.5. The van der Waals surface area contributed by atoms with Gasteiger partial charge in [-0.1, -0.05) is 206 Å². The van der Waals surface area contributed by atoms with E-state index in [1.807, 2.05) is 0 Å². The van der Waals surface area contributed by atoms with Gasteiger partial charge >= 0.3 is 6.85 Å². The van der Waals surface area contributed by atoms with Crippen LogP contribution in [0, 0.1) is 5.41 Å². The molecule has 10 aromatic rings. The summed E-state index contributed by atoms with van der Waals surface area (Å²) in [5.41, 5.74) is 25.2. The van der Waals surface area contributed by atoms with E-state index in [9.17, 15) is 0 Å². The Labute approximate surface area is 445 Å². The second kappa shape index (κ2) is 15.9. The van der Waals surface area contributed by atoms with Crippen LogP contribution in [0.15, 0.2) is 181 Å². The minimum atomic E-state index is -0.422. The summed E-state index contributed by atoms with van der Waals surface area (Å²) in [5, 5.41) is 5.30. The highest BCUT2D eigenvalue weighted by Gasteiger charge is 2.55. The molecule has 0 atom stereocenters. The van der Waals surface area contributed by atoms with Gasteiger partial charge in [-0.15, -0.1) is 0 Å². The van der Waals surface area contributed by atoms with Crippen molar-refractivity contribution in [1.29, 1.82) is 0 Å². The molecule has 0 bridgehead atoms. The Morgan fingerprint density at radius 3 is 1.52 bits per heavy atom. The van der Waals surface area contributed by atoms with E-state index >= 15 is 0 Å². The molecule has 2 aromatic heterocycles. The summed E-state index contributed by atoms with van der Waals surface area (Å²) in [6, 6.07) is 65.8. The molecule has 372 valence electrons. The van der Waals surface area contributed by atoms with Gasteiger partial charge in [0.2, 0.25) is 0 Å². The van der Waals surface area contributed by atoms with Gasteiger partial charge in [-0.2, -0.15) is 0 Å². The van der Waals surface area contributed by atoms with Crippen molar-refractivity contribution in [2.24, 2.45) is 5.41 Å². The maximum absolute atomic E-state index is 2.83. The quantitative estimate of drug-likeness (QED) is 0.160. The van der Waals surface area contributed by atoms with Crippen molar-refractivity contribution >= 4 is 78.4 Å². The fourth-order valence-electron chi connectivity index (χ4n) is 13.4. The summed E-state index contributed by atoms with van der Waals surface area (Å²) in [6.07, 6.45) is 0. The van der Waals surface area contributed by atoms with Crippen molar-refractivity contribution in [3.05, 3.63) is 214 Å². The fourth-order valence-corrected chi connectivity index (χ4v) is 13.4. The van der Waals surface area contributed by atoms with Crippen LogP contribution in [-0.2, 0) is 21.7 Å². The molecule has 4 heteroatoms. The first kappa shape index (κ1) is 47.4. The van der Waals surface area contributed by atoms with Crippen LogP contribution in [0.1, 0.15) is 130 Å². The van der Waals surface area contributed by atoms with Crippen molar-refractivity contribution in [3.63, 3.8) is 0 Å². The Hall–Kier alpha value is -7.30. The lowest BCUT2D eigenvalue weighted by Crippen LogP contribution is -2.52. The Balaban J connectivity index is 1.28. The molecule has 0 unspecified atom stereocenters. The van der Waals surface area contributed by atoms with Crippen molar-refractivity contribution < 1.29 is 0 Å². The van der Waals surface area contributed by atoms with Gasteiger partial charge in [-0.05, 0) is 138 Å². The Morgan fingerprint density at radius 2 is 0.947 bits per heavy atom. The number of allylic oxidation sites excluding steroid dienone is 3. The number of anilines is 2. The molecule has 0 N–H and O–H groups in total. The summed E-state index contributed by atoms with van der Waals surface area (Å²) in [5.74, 6) is 0. The van der Waals surface area contributed by atoms with Crippen LogP contribution in [0.3, 0.4) is 0 Å². The third-order valence-corrected chi connectivity index (χ3v) is 17.3. The molecular weight excluding hydrogens is 906 g/mol. The highest BCUT2D eigenvalue weighted by Crippen LogP contribution is 2.62. The highest BCUT2D eigenvalue weighted by molar-refractivity contribution is 6.85. The zero-order valence-corrected chi connectivity index (χ0v) is 46.6. The minimum Gasteiger partial charge on any atom is -0.376 e. The largest absolute Gasteiger partial charge is 0.376 e. The van der Waals surface area contributed by atoms with E-state index in [2.05, 4.69) is 281 Å². The number of para-hydroxylation sites is 1. The molecule has 3 nitrogen and oxygen atoms in total. The molecule has 13 rings (SSSR count). The second-order valence-corrected chi connectivity index (χ2v) is 26.7. The molecule has 8 aromatic carbocycles. The SMILES string of the molecule is CC1(C)C2=C(C(c3ccccc3)=C1c1ccccc1)N(c1ccc(C(C)(C)C)cc1)c1cc(C(C)(C)C)cc3c1B2n1c2ccc(C(C)(C)C)cc2c2c4c5cc(C(C)(C)C)ccc5n(-c5ccccc5)c4cc-3c21. The van der Waals surface area contributed by atoms with Gasteiger partial charge in [0.05, 0.1) is 11.0 Å². The van der Waals surface area contributed by atoms with Crippen molar-refractivity contribution in [1.82, 2.24) is 9.05 Å². The number of fused-ring (bicyclic) bond motifs is 10. The summed E-state index contributed by atoms with van der Waals surface area (Å²) in [7, 11) is 0. The van der Waals surface area contributed by atoms with Gasteiger partial charge < -0.3 is 13.9 Å². The monoisotopic (exact) mass is 976 g/mol. The molecular formula is C71H70BN3. The predicted molar refractivity (Wildman–Crippen MR) is 324 cm³/mol. The number of hydrogen-bond acceptors (Lipinski definition) is 1. The number of rotatable bonds is 4. The van der Waals surface area contributed by atoms with Crippen LogP contribution in [-0.4, -0.2) is 15.9 Å². The second-order valence-electron chi connectivity index (χ2n) is 26.7. The first-order valence-corrected chi connectivity index (χ1v) is 27.4. The first-order valence-electron chi connectivity index (χ1n) is 27.4. The van der Waals surface area contributed by atoms with E-state index in [1.165, 1.54) is 133 Å². The zero-order chi connectivity index (χ0) is 52.5. The van der Waals surface area contributed by atoms with E-state index in [-0.39, 0.29) is 28.5 Å². The first-order chi connectivity index (χ1) is 35.5. The van der Waals surface area contributed by atoms with E-state index in [4.69, 9.17) is 0 Å². The topological polar surface area (TPSA) is 13.1 Å². The Morgan fingerprint density at radius 1 is 0.427 bits per heavy atom. The van der Waals surface area contributed by atoms with Crippen molar-refractivity contribution in [3.8, 4) is 16.8 Å². The average Bonchev–Trinajstić information content (AvgIpc) is 3.97. The molecule has 0 saturated heterocycles. The van der Waals surface area contributed by atoms with Crippen molar-refractivity contribution in [2.75, 3.05) is 4.90 Å². The molecule has 0 radical (unpaired) electrons. The minimum absolute atomic E-state index is 0.00543. The number of nitrogens with zero attached hydrogens (tertiary/aromatic N) is 3. The van der Waals surface area contributed by atoms with Crippen LogP contribution < -0.4 is 10.4 Å². The standard InChI is InChI=1S/C71H70BN3/c1-67(2,3)45-30-34-50(35-31-45)74-58-41-48(70(10,11)12)40-51-52-42-57-60(53-38-46(68(4,5)6)32-36-55(53)73(57)49-28-22-17-23-29-49)61-54-39-47(69(7,8)9)33-37-56(54)75(64(52)61)72(63(51)58)66-65(74)59(43-24-18-15-19-25-43)62(71(66,13)14)44-26-20-16-21-27-44/h15-42H,1-14H3. The number of hydrogen-bond donors (Lipinski definition) is 0. The van der Waals surface area contributed by atoms with Crippen LogP contribution in [0.5, 0.6) is 0 Å². The average molecular weight is 976 g/mol. The van der Waals surface area contributed by atoms with Gasteiger partial charge in [0.1, 0.15) is 0 Å².